The topological polar surface area (TPSA) is 47.6 Å². The van der Waals surface area contributed by atoms with Gasteiger partial charge < -0.3 is 10.5 Å². The Morgan fingerprint density at radius 3 is 2.30 bits per heavy atom. The summed E-state index contributed by atoms with van der Waals surface area (Å²) < 4.78 is 5.27. The maximum Gasteiger partial charge on any atom is 0.126 e. The molecule has 0 bridgehead atoms. The molecule has 0 heterocycles. The SMILES string of the molecule is CN=C(N)C1(OC)CCC1. The van der Waals surface area contributed by atoms with Crippen LogP contribution in [-0.2, 0) is 4.74 Å². The number of rotatable bonds is 2. The van der Waals surface area contributed by atoms with E-state index in [1.165, 1.54) is 6.42 Å². The molecule has 0 radical (unpaired) electrons. The zero-order valence-corrected chi connectivity index (χ0v) is 6.55. The van der Waals surface area contributed by atoms with E-state index in [1.54, 1.807) is 14.2 Å². The van der Waals surface area contributed by atoms with Crippen LogP contribution in [0.25, 0.3) is 0 Å². The summed E-state index contributed by atoms with van der Waals surface area (Å²) in [6.45, 7) is 0. The molecule has 1 saturated carbocycles. The van der Waals surface area contributed by atoms with Crippen LogP contribution in [0.5, 0.6) is 0 Å². The number of aliphatic imine (C=N–C) groups is 1. The maximum atomic E-state index is 5.65. The molecule has 0 saturated heterocycles. The summed E-state index contributed by atoms with van der Waals surface area (Å²) in [4.78, 5) is 3.92. The third kappa shape index (κ3) is 0.904. The van der Waals surface area contributed by atoms with Crippen molar-refractivity contribution in [3.63, 3.8) is 0 Å². The first-order chi connectivity index (χ1) is 4.75. The van der Waals surface area contributed by atoms with E-state index in [4.69, 9.17) is 10.5 Å². The van der Waals surface area contributed by atoms with Gasteiger partial charge in [-0.05, 0) is 19.3 Å². The number of nitrogens with two attached hydrogens (primary N) is 1. The summed E-state index contributed by atoms with van der Waals surface area (Å²) >= 11 is 0. The summed E-state index contributed by atoms with van der Waals surface area (Å²) in [6.07, 6.45) is 3.24. The number of hydrogen-bond donors (Lipinski definition) is 1. The Morgan fingerprint density at radius 2 is 2.20 bits per heavy atom. The summed E-state index contributed by atoms with van der Waals surface area (Å²) in [5, 5.41) is 0. The lowest BCUT2D eigenvalue weighted by Crippen LogP contribution is -2.51. The second-order valence-corrected chi connectivity index (χ2v) is 2.66. The molecular formula is C7H14N2O. The fourth-order valence-corrected chi connectivity index (χ4v) is 1.27. The van der Waals surface area contributed by atoms with E-state index >= 15 is 0 Å². The van der Waals surface area contributed by atoms with Crippen LogP contribution in [0.1, 0.15) is 19.3 Å². The minimum atomic E-state index is -0.200. The van der Waals surface area contributed by atoms with Gasteiger partial charge in [0.25, 0.3) is 0 Å². The van der Waals surface area contributed by atoms with E-state index in [0.29, 0.717) is 5.84 Å². The van der Waals surface area contributed by atoms with Crippen molar-refractivity contribution in [3.8, 4) is 0 Å². The van der Waals surface area contributed by atoms with Gasteiger partial charge in [0.05, 0.1) is 0 Å². The highest BCUT2D eigenvalue weighted by Gasteiger charge is 2.40. The highest BCUT2D eigenvalue weighted by Crippen LogP contribution is 2.34. The summed E-state index contributed by atoms with van der Waals surface area (Å²) in [6, 6.07) is 0. The number of methoxy groups -OCH3 is 1. The fourth-order valence-electron chi connectivity index (χ4n) is 1.27. The van der Waals surface area contributed by atoms with E-state index in [0.717, 1.165) is 12.8 Å². The van der Waals surface area contributed by atoms with Crippen LogP contribution in [0, 0.1) is 0 Å². The largest absolute Gasteiger partial charge is 0.385 e. The van der Waals surface area contributed by atoms with Crippen molar-refractivity contribution in [2.45, 2.75) is 24.9 Å². The van der Waals surface area contributed by atoms with E-state index in [2.05, 4.69) is 4.99 Å². The van der Waals surface area contributed by atoms with Gasteiger partial charge in [0, 0.05) is 14.2 Å². The molecule has 0 atom stereocenters. The number of amidine groups is 1. The molecule has 10 heavy (non-hydrogen) atoms. The molecule has 0 aromatic heterocycles. The van der Waals surface area contributed by atoms with E-state index in [9.17, 15) is 0 Å². The second kappa shape index (κ2) is 2.58. The maximum absolute atomic E-state index is 5.65. The Balaban J connectivity index is 2.64. The van der Waals surface area contributed by atoms with Crippen molar-refractivity contribution in [2.75, 3.05) is 14.2 Å². The summed E-state index contributed by atoms with van der Waals surface area (Å²) in [5.41, 5.74) is 5.45. The van der Waals surface area contributed by atoms with Gasteiger partial charge in [0.1, 0.15) is 11.4 Å². The third-order valence-corrected chi connectivity index (χ3v) is 2.26. The molecular weight excluding hydrogens is 128 g/mol. The molecule has 58 valence electrons. The predicted octanol–water partition coefficient (Wildman–Crippen LogP) is 0.542. The zero-order chi connectivity index (χ0) is 7.61. The zero-order valence-electron chi connectivity index (χ0n) is 6.55. The summed E-state index contributed by atoms with van der Waals surface area (Å²) in [5.74, 6) is 0.640. The first kappa shape index (κ1) is 7.54. The van der Waals surface area contributed by atoms with Gasteiger partial charge in [-0.3, -0.25) is 4.99 Å². The lowest BCUT2D eigenvalue weighted by molar-refractivity contribution is -0.0135. The summed E-state index contributed by atoms with van der Waals surface area (Å²) in [7, 11) is 3.39. The lowest BCUT2D eigenvalue weighted by Gasteiger charge is -2.39. The van der Waals surface area contributed by atoms with Crippen LogP contribution in [0.2, 0.25) is 0 Å². The Morgan fingerprint density at radius 1 is 1.60 bits per heavy atom. The van der Waals surface area contributed by atoms with Crippen molar-refractivity contribution in [3.05, 3.63) is 0 Å². The van der Waals surface area contributed by atoms with Gasteiger partial charge in [-0.1, -0.05) is 0 Å². The van der Waals surface area contributed by atoms with Gasteiger partial charge >= 0.3 is 0 Å². The van der Waals surface area contributed by atoms with Crippen molar-refractivity contribution in [1.29, 1.82) is 0 Å². The van der Waals surface area contributed by atoms with Crippen molar-refractivity contribution < 1.29 is 4.74 Å². The average molecular weight is 142 g/mol. The highest BCUT2D eigenvalue weighted by atomic mass is 16.5. The molecule has 0 aromatic rings. The van der Waals surface area contributed by atoms with Crippen molar-refractivity contribution >= 4 is 5.84 Å². The van der Waals surface area contributed by atoms with E-state index in [-0.39, 0.29) is 5.60 Å². The normalized spacial score (nSPS) is 24.0. The van der Waals surface area contributed by atoms with Gasteiger partial charge in [-0.2, -0.15) is 0 Å². The smallest absolute Gasteiger partial charge is 0.126 e. The van der Waals surface area contributed by atoms with E-state index < -0.39 is 0 Å². The molecule has 1 aliphatic rings. The Labute approximate surface area is 61.3 Å². The van der Waals surface area contributed by atoms with Crippen LogP contribution in [0.4, 0.5) is 0 Å². The van der Waals surface area contributed by atoms with Gasteiger partial charge in [-0.25, -0.2) is 0 Å². The molecule has 1 aliphatic carbocycles. The Bertz CT molecular complexity index is 144. The van der Waals surface area contributed by atoms with Crippen LogP contribution < -0.4 is 5.73 Å². The van der Waals surface area contributed by atoms with Gasteiger partial charge in [0.15, 0.2) is 0 Å². The monoisotopic (exact) mass is 142 g/mol. The molecule has 0 unspecified atom stereocenters. The quantitative estimate of drug-likeness (QED) is 0.452. The lowest BCUT2D eigenvalue weighted by atomic mass is 9.79. The minimum Gasteiger partial charge on any atom is -0.385 e. The molecule has 3 heteroatoms. The molecule has 2 N–H and O–H groups in total. The molecule has 1 rings (SSSR count). The van der Waals surface area contributed by atoms with E-state index in [1.807, 2.05) is 0 Å². The molecule has 0 aliphatic heterocycles. The molecule has 3 nitrogen and oxygen atoms in total. The van der Waals surface area contributed by atoms with Crippen molar-refractivity contribution in [1.82, 2.24) is 0 Å². The minimum absolute atomic E-state index is 0.200. The second-order valence-electron chi connectivity index (χ2n) is 2.66. The Hall–Kier alpha value is -0.570. The van der Waals surface area contributed by atoms with Crippen LogP contribution in [0.3, 0.4) is 0 Å². The fraction of sp³-hybridized carbons (Fsp3) is 0.857. The third-order valence-electron chi connectivity index (χ3n) is 2.26. The van der Waals surface area contributed by atoms with Gasteiger partial charge in [0.2, 0.25) is 0 Å². The standard InChI is InChI=1S/C7H14N2O/c1-9-6(8)7(10-2)4-3-5-7/h3-5H2,1-2H3,(H2,8,9). The van der Waals surface area contributed by atoms with Gasteiger partial charge in [-0.15, -0.1) is 0 Å². The number of ether oxygens (including phenoxy) is 1. The van der Waals surface area contributed by atoms with Crippen LogP contribution in [-0.4, -0.2) is 25.6 Å². The molecule has 0 aromatic carbocycles. The molecule has 1 fully saturated rings. The van der Waals surface area contributed by atoms with Crippen molar-refractivity contribution in [2.24, 2.45) is 10.7 Å². The molecule has 0 spiro atoms. The highest BCUT2D eigenvalue weighted by molar-refractivity contribution is 5.89. The Kier molecular flexibility index (Phi) is 1.94. The van der Waals surface area contributed by atoms with Crippen LogP contribution in [0.15, 0.2) is 4.99 Å². The first-order valence-corrected chi connectivity index (χ1v) is 3.53. The number of nitrogens with zero attached hydrogens (tertiary/aromatic N) is 1. The number of hydrogen-bond acceptors (Lipinski definition) is 2. The average Bonchev–Trinajstić information content (AvgIpc) is 1.86. The molecule has 0 amide bonds. The van der Waals surface area contributed by atoms with Crippen LogP contribution >= 0.6 is 0 Å². The first-order valence-electron chi connectivity index (χ1n) is 3.53. The predicted molar refractivity (Wildman–Crippen MR) is 41.1 cm³/mol.